The largest absolute Gasteiger partial charge is 0.305 e. The second-order valence-corrected chi connectivity index (χ2v) is 7.23. The molecule has 0 radical (unpaired) electrons. The van der Waals surface area contributed by atoms with Crippen LogP contribution in [0.1, 0.15) is 48.1 Å². The van der Waals surface area contributed by atoms with Crippen molar-refractivity contribution in [2.45, 2.75) is 32.7 Å². The van der Waals surface area contributed by atoms with Gasteiger partial charge in [0.1, 0.15) is 5.82 Å². The third kappa shape index (κ3) is 5.10. The maximum Gasteiger partial charge on any atom is 0.185 e. The minimum atomic E-state index is -0.0784. The van der Waals surface area contributed by atoms with Gasteiger partial charge in [-0.05, 0) is 37.9 Å². The molecule has 0 saturated heterocycles. The fourth-order valence-electron chi connectivity index (χ4n) is 2.27. The number of hydrogen-bond acceptors (Lipinski definition) is 4. The molecule has 2 rings (SSSR count). The summed E-state index contributed by atoms with van der Waals surface area (Å²) < 4.78 is 0. The number of rotatable bonds is 5. The number of benzene rings is 1. The van der Waals surface area contributed by atoms with Gasteiger partial charge in [-0.25, -0.2) is 9.97 Å². The Kier molecular flexibility index (Phi) is 5.62. The molecule has 0 bridgehead atoms. The van der Waals surface area contributed by atoms with Crippen LogP contribution in [0, 0.1) is 0 Å². The molecule has 0 fully saturated rings. The van der Waals surface area contributed by atoms with Gasteiger partial charge in [-0.1, -0.05) is 39.0 Å². The zero-order chi connectivity index (χ0) is 17.7. The monoisotopic (exact) mass is 323 g/mol. The molecule has 0 aliphatic rings. The SMILES string of the molecule is CN(C)Cc1cccc(C(=O)/C=C/c2cnc(C(C)(C)C)nc2)c1. The number of carbonyl (C=O) groups excluding carboxylic acids is 1. The molecule has 0 N–H and O–H groups in total. The molecule has 4 heteroatoms. The molecule has 0 saturated carbocycles. The molecule has 126 valence electrons. The van der Waals surface area contributed by atoms with Gasteiger partial charge in [0, 0.05) is 35.5 Å². The Morgan fingerprint density at radius 1 is 1.17 bits per heavy atom. The van der Waals surface area contributed by atoms with Gasteiger partial charge < -0.3 is 4.90 Å². The van der Waals surface area contributed by atoms with Crippen molar-refractivity contribution in [1.82, 2.24) is 14.9 Å². The topological polar surface area (TPSA) is 46.1 Å². The molecule has 2 aromatic rings. The molecule has 0 aliphatic heterocycles. The van der Waals surface area contributed by atoms with Gasteiger partial charge in [-0.15, -0.1) is 0 Å². The van der Waals surface area contributed by atoms with Crippen LogP contribution in [0.25, 0.3) is 6.08 Å². The summed E-state index contributed by atoms with van der Waals surface area (Å²) in [4.78, 5) is 23.2. The van der Waals surface area contributed by atoms with Crippen LogP contribution >= 0.6 is 0 Å². The van der Waals surface area contributed by atoms with E-state index in [1.54, 1.807) is 24.5 Å². The van der Waals surface area contributed by atoms with E-state index < -0.39 is 0 Å². The molecule has 0 unspecified atom stereocenters. The summed E-state index contributed by atoms with van der Waals surface area (Å²) in [6, 6.07) is 7.72. The summed E-state index contributed by atoms with van der Waals surface area (Å²) in [6.07, 6.45) is 6.83. The Hall–Kier alpha value is -2.33. The maximum atomic E-state index is 12.3. The van der Waals surface area contributed by atoms with Crippen molar-refractivity contribution in [2.24, 2.45) is 0 Å². The van der Waals surface area contributed by atoms with Gasteiger partial charge in [0.15, 0.2) is 5.78 Å². The Balaban J connectivity index is 2.10. The predicted molar refractivity (Wildman–Crippen MR) is 97.9 cm³/mol. The smallest absolute Gasteiger partial charge is 0.185 e. The average molecular weight is 323 g/mol. The van der Waals surface area contributed by atoms with E-state index in [1.165, 1.54) is 0 Å². The van der Waals surface area contributed by atoms with E-state index >= 15 is 0 Å². The summed E-state index contributed by atoms with van der Waals surface area (Å²) in [5, 5.41) is 0. The summed E-state index contributed by atoms with van der Waals surface area (Å²) in [5.41, 5.74) is 2.56. The highest BCUT2D eigenvalue weighted by Gasteiger charge is 2.16. The van der Waals surface area contributed by atoms with Crippen LogP contribution in [0.5, 0.6) is 0 Å². The second-order valence-electron chi connectivity index (χ2n) is 7.23. The average Bonchev–Trinajstić information content (AvgIpc) is 2.52. The zero-order valence-electron chi connectivity index (χ0n) is 15.1. The van der Waals surface area contributed by atoms with Gasteiger partial charge in [-0.3, -0.25) is 4.79 Å². The summed E-state index contributed by atoms with van der Waals surface area (Å²) >= 11 is 0. The zero-order valence-corrected chi connectivity index (χ0v) is 15.1. The molecular weight excluding hydrogens is 298 g/mol. The standard InChI is InChI=1S/C20H25N3O/c1-20(2,3)19-21-12-16(13-22-19)9-10-18(24)17-8-6-7-15(11-17)14-23(4)5/h6-13H,14H2,1-5H3/b10-9+. The van der Waals surface area contributed by atoms with E-state index in [-0.39, 0.29) is 11.2 Å². The van der Waals surface area contributed by atoms with E-state index in [0.29, 0.717) is 5.56 Å². The molecule has 0 spiro atoms. The Labute approximate surface area is 144 Å². The third-order valence-electron chi connectivity index (χ3n) is 3.48. The quantitative estimate of drug-likeness (QED) is 0.621. The van der Waals surface area contributed by atoms with Gasteiger partial charge in [0.05, 0.1) is 0 Å². The number of nitrogens with zero attached hydrogens (tertiary/aromatic N) is 3. The molecule has 1 heterocycles. The van der Waals surface area contributed by atoms with E-state index in [4.69, 9.17) is 0 Å². The number of carbonyl (C=O) groups is 1. The molecule has 1 aromatic carbocycles. The van der Waals surface area contributed by atoms with E-state index in [1.807, 2.05) is 38.4 Å². The van der Waals surface area contributed by atoms with Gasteiger partial charge >= 0.3 is 0 Å². The number of allylic oxidation sites excluding steroid dienone is 1. The fraction of sp³-hybridized carbons (Fsp3) is 0.350. The van der Waals surface area contributed by atoms with Gasteiger partial charge in [-0.2, -0.15) is 0 Å². The highest BCUT2D eigenvalue weighted by atomic mass is 16.1. The molecule has 0 atom stereocenters. The first-order chi connectivity index (χ1) is 11.3. The van der Waals surface area contributed by atoms with Crippen molar-refractivity contribution < 1.29 is 4.79 Å². The Bertz CT molecular complexity index is 725. The van der Waals surface area contributed by atoms with E-state index in [9.17, 15) is 4.79 Å². The lowest BCUT2D eigenvalue weighted by molar-refractivity contribution is 0.104. The van der Waals surface area contributed by atoms with Crippen LogP contribution in [0.2, 0.25) is 0 Å². The Morgan fingerprint density at radius 2 is 1.83 bits per heavy atom. The van der Waals surface area contributed by atoms with Gasteiger partial charge in [0.2, 0.25) is 0 Å². The molecule has 0 amide bonds. The highest BCUT2D eigenvalue weighted by Crippen LogP contribution is 2.17. The first kappa shape index (κ1) is 18.0. The van der Waals surface area contributed by atoms with Crippen LogP contribution in [0.4, 0.5) is 0 Å². The molecule has 1 aromatic heterocycles. The van der Waals surface area contributed by atoms with Crippen molar-refractivity contribution in [1.29, 1.82) is 0 Å². The number of hydrogen-bond donors (Lipinski definition) is 0. The van der Waals surface area contributed by atoms with Crippen molar-refractivity contribution in [2.75, 3.05) is 14.1 Å². The minimum absolute atomic E-state index is 0.0181. The second kappa shape index (κ2) is 7.49. The highest BCUT2D eigenvalue weighted by molar-refractivity contribution is 6.06. The Morgan fingerprint density at radius 3 is 2.42 bits per heavy atom. The lowest BCUT2D eigenvalue weighted by Crippen LogP contribution is -2.15. The first-order valence-corrected chi connectivity index (χ1v) is 8.04. The molecule has 4 nitrogen and oxygen atoms in total. The van der Waals surface area contributed by atoms with Crippen LogP contribution in [-0.4, -0.2) is 34.7 Å². The minimum Gasteiger partial charge on any atom is -0.305 e. The number of aromatic nitrogens is 2. The van der Waals surface area contributed by atoms with Crippen LogP contribution < -0.4 is 0 Å². The van der Waals surface area contributed by atoms with Crippen molar-refractivity contribution in [3.63, 3.8) is 0 Å². The van der Waals surface area contributed by atoms with Crippen LogP contribution in [-0.2, 0) is 12.0 Å². The maximum absolute atomic E-state index is 12.3. The fourth-order valence-corrected chi connectivity index (χ4v) is 2.27. The van der Waals surface area contributed by atoms with Crippen molar-refractivity contribution in [3.05, 3.63) is 65.2 Å². The van der Waals surface area contributed by atoms with Crippen molar-refractivity contribution in [3.8, 4) is 0 Å². The normalized spacial score (nSPS) is 12.1. The van der Waals surface area contributed by atoms with Crippen molar-refractivity contribution >= 4 is 11.9 Å². The molecule has 0 aliphatic carbocycles. The first-order valence-electron chi connectivity index (χ1n) is 8.04. The van der Waals surface area contributed by atoms with E-state index in [2.05, 4.69) is 35.6 Å². The third-order valence-corrected chi connectivity index (χ3v) is 3.48. The molecule has 24 heavy (non-hydrogen) atoms. The summed E-state index contributed by atoms with van der Waals surface area (Å²) in [5.74, 6) is 0.776. The lowest BCUT2D eigenvalue weighted by Gasteiger charge is -2.15. The summed E-state index contributed by atoms with van der Waals surface area (Å²) in [7, 11) is 4.02. The predicted octanol–water partition coefficient (Wildman–Crippen LogP) is 3.73. The molecular formula is C20H25N3O. The van der Waals surface area contributed by atoms with Gasteiger partial charge in [0.25, 0.3) is 0 Å². The van der Waals surface area contributed by atoms with Crippen LogP contribution in [0.15, 0.2) is 42.7 Å². The van der Waals surface area contributed by atoms with Crippen LogP contribution in [0.3, 0.4) is 0 Å². The summed E-state index contributed by atoms with van der Waals surface area (Å²) in [6.45, 7) is 7.03. The number of ketones is 1. The lowest BCUT2D eigenvalue weighted by atomic mass is 9.96. The van der Waals surface area contributed by atoms with E-state index in [0.717, 1.165) is 23.5 Å².